The van der Waals surface area contributed by atoms with E-state index in [1.165, 1.54) is 11.9 Å². The molecule has 0 bridgehead atoms. The van der Waals surface area contributed by atoms with Crippen molar-refractivity contribution in [1.29, 1.82) is 0 Å². The Morgan fingerprint density at radius 1 is 1.06 bits per heavy atom. The van der Waals surface area contributed by atoms with Gasteiger partial charge in [-0.1, -0.05) is 13.8 Å². The van der Waals surface area contributed by atoms with Crippen molar-refractivity contribution < 1.29 is 9.59 Å². The predicted molar refractivity (Wildman–Crippen MR) is 129 cm³/mol. The fraction of sp³-hybridized carbons (Fsp3) is 0.600. The normalized spacial score (nSPS) is 20.2. The van der Waals surface area contributed by atoms with E-state index in [0.717, 1.165) is 50.1 Å². The third-order valence-corrected chi connectivity index (χ3v) is 6.73. The molecule has 1 aromatic carbocycles. The molecule has 1 atom stereocenters. The molecule has 32 heavy (non-hydrogen) atoms. The van der Waals surface area contributed by atoms with Gasteiger partial charge in [0.2, 0.25) is 5.91 Å². The van der Waals surface area contributed by atoms with Crippen LogP contribution in [0.3, 0.4) is 0 Å². The molecule has 7 heteroatoms. The second kappa shape index (κ2) is 9.94. The zero-order valence-electron chi connectivity index (χ0n) is 19.7. The van der Waals surface area contributed by atoms with Crippen molar-refractivity contribution in [1.82, 2.24) is 19.3 Å². The van der Waals surface area contributed by atoms with Crippen LogP contribution in [0, 0.1) is 5.92 Å². The van der Waals surface area contributed by atoms with Gasteiger partial charge in [0.15, 0.2) is 0 Å². The van der Waals surface area contributed by atoms with Gasteiger partial charge in [-0.05, 0) is 56.4 Å². The maximum atomic E-state index is 12.8. The lowest BCUT2D eigenvalue weighted by Gasteiger charge is -2.38. The minimum Gasteiger partial charge on any atom is -0.347 e. The number of benzene rings is 1. The zero-order valence-corrected chi connectivity index (χ0v) is 19.7. The highest BCUT2D eigenvalue weighted by Crippen LogP contribution is 2.22. The van der Waals surface area contributed by atoms with Gasteiger partial charge >= 0.3 is 6.03 Å². The number of urea groups is 1. The van der Waals surface area contributed by atoms with Crippen molar-refractivity contribution in [3.8, 4) is 0 Å². The van der Waals surface area contributed by atoms with E-state index in [2.05, 4.69) is 53.9 Å². The van der Waals surface area contributed by atoms with Crippen LogP contribution >= 0.6 is 0 Å². The molecular formula is C25H37N5O2. The van der Waals surface area contributed by atoms with Gasteiger partial charge in [0, 0.05) is 68.1 Å². The van der Waals surface area contributed by atoms with Crippen LogP contribution in [0.15, 0.2) is 30.5 Å². The van der Waals surface area contributed by atoms with Crippen molar-refractivity contribution in [2.24, 2.45) is 5.92 Å². The molecule has 2 saturated heterocycles. The number of aromatic nitrogens is 1. The molecule has 0 aliphatic carbocycles. The van der Waals surface area contributed by atoms with Crippen LogP contribution in [0.5, 0.6) is 0 Å². The molecule has 4 rings (SSSR count). The number of piperidine rings is 1. The van der Waals surface area contributed by atoms with Gasteiger partial charge in [-0.2, -0.15) is 0 Å². The largest absolute Gasteiger partial charge is 0.347 e. The van der Waals surface area contributed by atoms with Gasteiger partial charge in [-0.15, -0.1) is 0 Å². The molecule has 3 heterocycles. The van der Waals surface area contributed by atoms with E-state index in [4.69, 9.17) is 0 Å². The number of hydrogen-bond acceptors (Lipinski definition) is 3. The number of nitrogens with one attached hydrogen (secondary N) is 1. The first-order chi connectivity index (χ1) is 15.4. The monoisotopic (exact) mass is 439 g/mol. The van der Waals surface area contributed by atoms with Crippen molar-refractivity contribution in [3.63, 3.8) is 0 Å². The van der Waals surface area contributed by atoms with Crippen LogP contribution in [0.4, 0.5) is 10.5 Å². The predicted octanol–water partition coefficient (Wildman–Crippen LogP) is 3.85. The number of nitrogens with zero attached hydrogens (tertiary/aromatic N) is 4. The highest BCUT2D eigenvalue weighted by molar-refractivity contribution is 5.93. The molecule has 0 radical (unpaired) electrons. The first-order valence-electron chi connectivity index (χ1n) is 12.1. The third kappa shape index (κ3) is 5.26. The number of piperazine rings is 1. The second-order valence-electron chi connectivity index (χ2n) is 9.76. The quantitative estimate of drug-likeness (QED) is 0.770. The van der Waals surface area contributed by atoms with E-state index in [0.29, 0.717) is 31.6 Å². The SMILES string of the molecule is CC(C)Cn1ccc2cc(NC(=O)N3CCN(CC(=O)N4CCCCC4C)CC3)ccc21. The summed E-state index contributed by atoms with van der Waals surface area (Å²) in [5.41, 5.74) is 2.01. The topological polar surface area (TPSA) is 60.8 Å². The van der Waals surface area contributed by atoms with Crippen molar-refractivity contribution >= 4 is 28.5 Å². The molecule has 2 aliphatic rings. The summed E-state index contributed by atoms with van der Waals surface area (Å²) in [7, 11) is 0. The van der Waals surface area contributed by atoms with Crippen LogP contribution < -0.4 is 5.32 Å². The lowest BCUT2D eigenvalue weighted by Crippen LogP contribution is -2.53. The van der Waals surface area contributed by atoms with E-state index in [1.807, 2.05) is 21.9 Å². The Morgan fingerprint density at radius 2 is 1.84 bits per heavy atom. The van der Waals surface area contributed by atoms with Crippen LogP contribution in [0.1, 0.15) is 40.0 Å². The van der Waals surface area contributed by atoms with Gasteiger partial charge in [0.25, 0.3) is 0 Å². The van der Waals surface area contributed by atoms with E-state index in [9.17, 15) is 9.59 Å². The maximum Gasteiger partial charge on any atom is 0.321 e. The summed E-state index contributed by atoms with van der Waals surface area (Å²) in [6.07, 6.45) is 5.54. The molecule has 3 amide bonds. The summed E-state index contributed by atoms with van der Waals surface area (Å²) in [4.78, 5) is 31.5. The zero-order chi connectivity index (χ0) is 22.7. The summed E-state index contributed by atoms with van der Waals surface area (Å²) < 4.78 is 2.26. The van der Waals surface area contributed by atoms with Crippen molar-refractivity contribution in [2.45, 2.75) is 52.6 Å². The van der Waals surface area contributed by atoms with Gasteiger partial charge in [-0.3, -0.25) is 9.69 Å². The molecule has 1 N–H and O–H groups in total. The molecule has 7 nitrogen and oxygen atoms in total. The van der Waals surface area contributed by atoms with Gasteiger partial charge in [0.05, 0.1) is 6.54 Å². The fourth-order valence-electron chi connectivity index (χ4n) is 4.89. The number of rotatable bonds is 5. The maximum absolute atomic E-state index is 12.8. The lowest BCUT2D eigenvalue weighted by molar-refractivity contribution is -0.136. The average Bonchev–Trinajstić information content (AvgIpc) is 3.15. The molecule has 1 aromatic heterocycles. The average molecular weight is 440 g/mol. The highest BCUT2D eigenvalue weighted by Gasteiger charge is 2.27. The second-order valence-corrected chi connectivity index (χ2v) is 9.76. The Labute approximate surface area is 191 Å². The summed E-state index contributed by atoms with van der Waals surface area (Å²) in [6.45, 7) is 11.7. The molecule has 2 aromatic rings. The van der Waals surface area contributed by atoms with Gasteiger partial charge in [0.1, 0.15) is 0 Å². The summed E-state index contributed by atoms with van der Waals surface area (Å²) in [5.74, 6) is 0.815. The number of carbonyl (C=O) groups is 2. The number of anilines is 1. The molecule has 2 fully saturated rings. The number of carbonyl (C=O) groups excluding carboxylic acids is 2. The van der Waals surface area contributed by atoms with E-state index in [-0.39, 0.29) is 11.9 Å². The van der Waals surface area contributed by atoms with Crippen LogP contribution in [-0.2, 0) is 11.3 Å². The highest BCUT2D eigenvalue weighted by atomic mass is 16.2. The minimum atomic E-state index is -0.0680. The van der Waals surface area contributed by atoms with Crippen LogP contribution in [0.2, 0.25) is 0 Å². The Hall–Kier alpha value is -2.54. The standard InChI is InChI=1S/C25H37N5O2/c1-19(2)17-29-11-9-21-16-22(7-8-23(21)29)26-25(32)28-14-12-27(13-15-28)18-24(31)30-10-5-4-6-20(30)3/h7-9,11,16,19-20H,4-6,10,12-15,17-18H2,1-3H3,(H,26,32). The van der Waals surface area contributed by atoms with Gasteiger partial charge in [-0.25, -0.2) is 4.79 Å². The lowest BCUT2D eigenvalue weighted by atomic mass is 10.0. The Morgan fingerprint density at radius 3 is 2.56 bits per heavy atom. The smallest absolute Gasteiger partial charge is 0.321 e. The van der Waals surface area contributed by atoms with E-state index < -0.39 is 0 Å². The summed E-state index contributed by atoms with van der Waals surface area (Å²) in [6, 6.07) is 8.49. The van der Waals surface area contributed by atoms with Crippen LogP contribution in [0.25, 0.3) is 10.9 Å². The molecule has 0 spiro atoms. The van der Waals surface area contributed by atoms with Gasteiger partial charge < -0.3 is 19.7 Å². The van der Waals surface area contributed by atoms with Crippen molar-refractivity contribution in [3.05, 3.63) is 30.5 Å². The van der Waals surface area contributed by atoms with E-state index in [1.54, 1.807) is 0 Å². The number of fused-ring (bicyclic) bond motifs is 1. The Balaban J connectivity index is 1.27. The third-order valence-electron chi connectivity index (χ3n) is 6.73. The first kappa shape index (κ1) is 22.6. The molecule has 174 valence electrons. The van der Waals surface area contributed by atoms with Crippen molar-refractivity contribution in [2.75, 3.05) is 44.6 Å². The minimum absolute atomic E-state index is 0.0680. The molecule has 0 saturated carbocycles. The Bertz CT molecular complexity index is 945. The molecular weight excluding hydrogens is 402 g/mol. The first-order valence-corrected chi connectivity index (χ1v) is 12.1. The van der Waals surface area contributed by atoms with Crippen LogP contribution in [-0.4, -0.2) is 76.5 Å². The number of amides is 3. The fourth-order valence-corrected chi connectivity index (χ4v) is 4.89. The summed E-state index contributed by atoms with van der Waals surface area (Å²) >= 11 is 0. The Kier molecular flexibility index (Phi) is 7.04. The van der Waals surface area contributed by atoms with E-state index >= 15 is 0 Å². The summed E-state index contributed by atoms with van der Waals surface area (Å²) in [5, 5.41) is 4.19. The number of likely N-dealkylation sites (tertiary alicyclic amines) is 1. The molecule has 1 unspecified atom stereocenters. The molecule has 2 aliphatic heterocycles. The number of hydrogen-bond donors (Lipinski definition) is 1.